The zero-order valence-electron chi connectivity index (χ0n) is 12.2. The second-order valence-corrected chi connectivity index (χ2v) is 4.46. The molecule has 0 aliphatic heterocycles. The van der Waals surface area contributed by atoms with Crippen molar-refractivity contribution in [1.82, 2.24) is 0 Å². The molecule has 1 heterocycles. The average Bonchev–Trinajstić information content (AvgIpc) is 2.50. The fourth-order valence-electron chi connectivity index (χ4n) is 1.82. The summed E-state index contributed by atoms with van der Waals surface area (Å²) < 4.78 is 7.16. The summed E-state index contributed by atoms with van der Waals surface area (Å²) >= 11 is 0. The molecule has 0 atom stereocenters. The summed E-state index contributed by atoms with van der Waals surface area (Å²) in [7, 11) is 3.66. The van der Waals surface area contributed by atoms with Gasteiger partial charge in [0.15, 0.2) is 12.4 Å². The molecule has 0 fully saturated rings. The Bertz CT molecular complexity index is 561. The number of aromatic nitrogens is 1. The third kappa shape index (κ3) is 3.57. The Labute approximate surface area is 119 Å². The molecule has 4 nitrogen and oxygen atoms in total. The van der Waals surface area contributed by atoms with E-state index in [1.54, 1.807) is 7.11 Å². The number of rotatable bonds is 5. The van der Waals surface area contributed by atoms with Gasteiger partial charge >= 0.3 is 0 Å². The van der Waals surface area contributed by atoms with Gasteiger partial charge in [-0.15, -0.1) is 0 Å². The topological polar surface area (TPSA) is 28.7 Å². The van der Waals surface area contributed by atoms with Crippen LogP contribution in [0.15, 0.2) is 53.9 Å². The smallest absolute Gasteiger partial charge is 0.169 e. The average molecular weight is 270 g/mol. The molecule has 0 aliphatic rings. The highest BCUT2D eigenvalue weighted by atomic mass is 16.5. The van der Waals surface area contributed by atoms with E-state index < -0.39 is 0 Å². The number of nitrogens with zero attached hydrogens (tertiary/aromatic N) is 3. The number of hydrogen-bond donors (Lipinski definition) is 0. The Hall–Kier alpha value is -2.36. The molecule has 2 aromatic rings. The lowest BCUT2D eigenvalue weighted by Gasteiger charge is -2.17. The van der Waals surface area contributed by atoms with E-state index in [0.717, 1.165) is 23.5 Å². The molecule has 0 radical (unpaired) electrons. The molecule has 0 spiro atoms. The molecule has 4 heteroatoms. The summed E-state index contributed by atoms with van der Waals surface area (Å²) in [6.07, 6.45) is 5.88. The fourth-order valence-corrected chi connectivity index (χ4v) is 1.82. The number of ether oxygens (including phenoxy) is 1. The molecular weight excluding hydrogens is 250 g/mol. The van der Waals surface area contributed by atoms with Crippen LogP contribution in [-0.2, 0) is 7.05 Å². The molecule has 0 amide bonds. The Morgan fingerprint density at radius 1 is 1.15 bits per heavy atom. The molecule has 1 aromatic heterocycles. The highest BCUT2D eigenvalue weighted by Crippen LogP contribution is 2.19. The monoisotopic (exact) mass is 270 g/mol. The molecule has 20 heavy (non-hydrogen) atoms. The van der Waals surface area contributed by atoms with E-state index in [-0.39, 0.29) is 0 Å². The quantitative estimate of drug-likeness (QED) is 0.474. The van der Waals surface area contributed by atoms with E-state index in [4.69, 9.17) is 4.74 Å². The number of hydrogen-bond acceptors (Lipinski definition) is 3. The molecule has 1 aromatic carbocycles. The van der Waals surface area contributed by atoms with Gasteiger partial charge < -0.3 is 4.74 Å². The van der Waals surface area contributed by atoms with Gasteiger partial charge in [-0.25, -0.2) is 4.57 Å². The predicted molar refractivity (Wildman–Crippen MR) is 81.2 cm³/mol. The molecule has 0 N–H and O–H groups in total. The zero-order chi connectivity index (χ0) is 14.4. The van der Waals surface area contributed by atoms with E-state index >= 15 is 0 Å². The molecule has 104 valence electrons. The maximum Gasteiger partial charge on any atom is 0.169 e. The van der Waals surface area contributed by atoms with E-state index in [1.165, 1.54) is 0 Å². The van der Waals surface area contributed by atoms with Crippen molar-refractivity contribution in [3.63, 3.8) is 0 Å². The van der Waals surface area contributed by atoms with E-state index in [1.807, 2.05) is 71.6 Å². The lowest BCUT2D eigenvalue weighted by molar-refractivity contribution is -0.671. The lowest BCUT2D eigenvalue weighted by Crippen LogP contribution is -2.26. The van der Waals surface area contributed by atoms with Crippen LogP contribution in [0.25, 0.3) is 0 Å². The van der Waals surface area contributed by atoms with Crippen LogP contribution in [0.1, 0.15) is 12.5 Å². The summed E-state index contributed by atoms with van der Waals surface area (Å²) in [5.74, 6) is 0.851. The zero-order valence-corrected chi connectivity index (χ0v) is 12.2. The number of methoxy groups -OCH3 is 1. The van der Waals surface area contributed by atoms with Gasteiger partial charge in [0.2, 0.25) is 0 Å². The van der Waals surface area contributed by atoms with Gasteiger partial charge in [-0.2, -0.15) is 5.10 Å². The third-order valence-corrected chi connectivity index (χ3v) is 3.02. The third-order valence-electron chi connectivity index (χ3n) is 3.02. The standard InChI is InChI=1S/C16H20N3O/c1-4-19(15-5-7-16(20-3)8-6-15)17-13-14-9-11-18(2)12-10-14/h5-13H,4H2,1-3H3/q+1. The molecule has 0 aliphatic carbocycles. The van der Waals surface area contributed by atoms with Crippen molar-refractivity contribution in [2.75, 3.05) is 18.7 Å². The number of benzene rings is 1. The second-order valence-electron chi connectivity index (χ2n) is 4.46. The van der Waals surface area contributed by atoms with E-state index in [9.17, 15) is 0 Å². The van der Waals surface area contributed by atoms with Gasteiger partial charge in [0.1, 0.15) is 12.8 Å². The molecule has 2 rings (SSSR count). The summed E-state index contributed by atoms with van der Waals surface area (Å²) in [5.41, 5.74) is 2.13. The van der Waals surface area contributed by atoms with Gasteiger partial charge in [-0.3, -0.25) is 5.01 Å². The van der Waals surface area contributed by atoms with Gasteiger partial charge in [-0.1, -0.05) is 0 Å². The highest BCUT2D eigenvalue weighted by molar-refractivity contribution is 5.79. The molecule has 0 saturated heterocycles. The minimum atomic E-state index is 0.809. The van der Waals surface area contributed by atoms with Crippen molar-refractivity contribution in [1.29, 1.82) is 0 Å². The van der Waals surface area contributed by atoms with Crippen LogP contribution in [0.4, 0.5) is 5.69 Å². The number of anilines is 1. The summed E-state index contributed by atoms with van der Waals surface area (Å²) in [6.45, 7) is 2.88. The van der Waals surface area contributed by atoms with E-state index in [2.05, 4.69) is 12.0 Å². The number of hydrazone groups is 1. The number of pyridine rings is 1. The second kappa shape index (κ2) is 6.70. The van der Waals surface area contributed by atoms with Crippen LogP contribution in [0, 0.1) is 0 Å². The van der Waals surface area contributed by atoms with Crippen LogP contribution in [-0.4, -0.2) is 19.9 Å². The largest absolute Gasteiger partial charge is 0.497 e. The van der Waals surface area contributed by atoms with Crippen molar-refractivity contribution in [2.24, 2.45) is 12.1 Å². The Morgan fingerprint density at radius 2 is 1.80 bits per heavy atom. The van der Waals surface area contributed by atoms with Crippen LogP contribution in [0.5, 0.6) is 5.75 Å². The van der Waals surface area contributed by atoms with Crippen molar-refractivity contribution >= 4 is 11.9 Å². The van der Waals surface area contributed by atoms with Gasteiger partial charge in [0.25, 0.3) is 0 Å². The van der Waals surface area contributed by atoms with Gasteiger partial charge in [0, 0.05) is 24.2 Å². The highest BCUT2D eigenvalue weighted by Gasteiger charge is 2.02. The molecule has 0 unspecified atom stereocenters. The SMILES string of the molecule is CCN(N=Cc1cc[n+](C)cc1)c1ccc(OC)cc1. The maximum atomic E-state index is 5.16. The molecular formula is C16H20N3O+. The first kappa shape index (κ1) is 14.1. The summed E-state index contributed by atoms with van der Waals surface area (Å²) in [5, 5.41) is 6.48. The lowest BCUT2D eigenvalue weighted by atomic mass is 10.3. The van der Waals surface area contributed by atoms with Crippen LogP contribution in [0.2, 0.25) is 0 Å². The first-order chi connectivity index (χ1) is 9.72. The van der Waals surface area contributed by atoms with Crippen molar-refractivity contribution in [2.45, 2.75) is 6.92 Å². The van der Waals surface area contributed by atoms with Gasteiger partial charge in [-0.05, 0) is 31.2 Å². The fraction of sp³-hybridized carbons (Fsp3) is 0.250. The minimum Gasteiger partial charge on any atom is -0.497 e. The van der Waals surface area contributed by atoms with Crippen LogP contribution < -0.4 is 14.3 Å². The summed E-state index contributed by atoms with van der Waals surface area (Å²) in [4.78, 5) is 0. The number of aryl methyl sites for hydroxylation is 1. The van der Waals surface area contributed by atoms with Crippen LogP contribution in [0.3, 0.4) is 0 Å². The minimum absolute atomic E-state index is 0.809. The molecule has 0 saturated carbocycles. The Morgan fingerprint density at radius 3 is 2.35 bits per heavy atom. The Kier molecular flexibility index (Phi) is 4.71. The maximum absolute atomic E-state index is 5.16. The molecule has 0 bridgehead atoms. The predicted octanol–water partition coefficient (Wildman–Crippen LogP) is 2.38. The normalized spacial score (nSPS) is 10.8. The summed E-state index contributed by atoms with van der Waals surface area (Å²) in [6, 6.07) is 12.0. The first-order valence-electron chi connectivity index (χ1n) is 6.64. The Balaban J connectivity index is 2.13. The van der Waals surface area contributed by atoms with Crippen LogP contribution >= 0.6 is 0 Å². The first-order valence-corrected chi connectivity index (χ1v) is 6.64. The van der Waals surface area contributed by atoms with Crippen molar-refractivity contribution < 1.29 is 9.30 Å². The van der Waals surface area contributed by atoms with E-state index in [0.29, 0.717) is 0 Å². The van der Waals surface area contributed by atoms with Crippen molar-refractivity contribution in [3.05, 3.63) is 54.4 Å². The van der Waals surface area contributed by atoms with Crippen molar-refractivity contribution in [3.8, 4) is 5.75 Å². The van der Waals surface area contributed by atoms with Gasteiger partial charge in [0.05, 0.1) is 19.0 Å².